The normalized spacial score (nSPS) is 11.6. The Labute approximate surface area is 303 Å². The Bertz CT molecular complexity index is 2290. The maximum Gasteiger partial charge on any atom is 0.184 e. The second-order valence-electron chi connectivity index (χ2n) is 13.0. The van der Waals surface area contributed by atoms with Crippen molar-refractivity contribution >= 4 is 17.0 Å². The molecule has 0 aliphatic rings. The van der Waals surface area contributed by atoms with Crippen LogP contribution in [0.1, 0.15) is 42.0 Å². The third-order valence-electron chi connectivity index (χ3n) is 9.73. The number of aromatic nitrogens is 8. The van der Waals surface area contributed by atoms with Crippen molar-refractivity contribution in [2.45, 2.75) is 31.8 Å². The van der Waals surface area contributed by atoms with Crippen molar-refractivity contribution in [1.29, 1.82) is 0 Å². The molecule has 8 rings (SSSR count). The first-order valence-electron chi connectivity index (χ1n) is 17.7. The average molecular weight is 682 g/mol. The van der Waals surface area contributed by atoms with Gasteiger partial charge in [0.15, 0.2) is 22.8 Å². The lowest BCUT2D eigenvalue weighted by Crippen LogP contribution is -2.39. The van der Waals surface area contributed by atoms with Crippen LogP contribution in [0.15, 0.2) is 152 Å². The van der Waals surface area contributed by atoms with Crippen LogP contribution >= 0.6 is 0 Å². The Hall–Kier alpha value is -6.48. The average Bonchev–Trinajstić information content (AvgIpc) is 3.86. The van der Waals surface area contributed by atoms with E-state index in [-0.39, 0.29) is 0 Å². The quantitative estimate of drug-likeness (QED) is 0.120. The number of aryl methyl sites for hydroxylation is 1. The molecule has 3 heterocycles. The van der Waals surface area contributed by atoms with Crippen LogP contribution in [0.4, 0.5) is 5.82 Å². The summed E-state index contributed by atoms with van der Waals surface area (Å²) in [7, 11) is 1.96. The van der Waals surface area contributed by atoms with Gasteiger partial charge >= 0.3 is 0 Å². The summed E-state index contributed by atoms with van der Waals surface area (Å²) in [4.78, 5) is 16.1. The largest absolute Gasteiger partial charge is 0.350 e. The summed E-state index contributed by atoms with van der Waals surface area (Å²) in [6.45, 7) is 3.79. The zero-order valence-electron chi connectivity index (χ0n) is 29.3. The molecule has 9 heteroatoms. The molecule has 8 aromatic rings. The molecule has 0 radical (unpaired) electrons. The van der Waals surface area contributed by atoms with Gasteiger partial charge in [0.2, 0.25) is 0 Å². The number of hydrogen-bond donors (Lipinski definition) is 0. The molecule has 9 nitrogen and oxygen atoms in total. The van der Waals surface area contributed by atoms with Gasteiger partial charge in [-0.3, -0.25) is 0 Å². The highest BCUT2D eigenvalue weighted by Gasteiger charge is 2.42. The number of tetrazole rings is 1. The Balaban J connectivity index is 1.21. The molecular formula is C43H39N9. The summed E-state index contributed by atoms with van der Waals surface area (Å²) in [5, 5.41) is 13.9. The fraction of sp³-hybridized carbons (Fsp3) is 0.163. The van der Waals surface area contributed by atoms with Gasteiger partial charge in [-0.25, -0.2) is 19.6 Å². The van der Waals surface area contributed by atoms with Crippen LogP contribution in [0.2, 0.25) is 0 Å². The predicted octanol–water partition coefficient (Wildman–Crippen LogP) is 8.33. The summed E-state index contributed by atoms with van der Waals surface area (Å²) >= 11 is 0. The lowest BCUT2D eigenvalue weighted by molar-refractivity contribution is 0.451. The molecule has 0 bridgehead atoms. The first-order chi connectivity index (χ1) is 25.7. The Morgan fingerprint density at radius 2 is 1.25 bits per heavy atom. The van der Waals surface area contributed by atoms with Gasteiger partial charge in [0.05, 0.1) is 6.33 Å². The molecule has 0 N–H and O–H groups in total. The molecule has 0 spiro atoms. The Morgan fingerprint density at radius 3 is 1.87 bits per heavy atom. The third-order valence-corrected chi connectivity index (χ3v) is 9.73. The summed E-state index contributed by atoms with van der Waals surface area (Å²) in [6.07, 6.45) is 5.57. The molecule has 0 unspecified atom stereocenters. The first-order valence-corrected chi connectivity index (χ1v) is 17.7. The highest BCUT2D eigenvalue weighted by atomic mass is 15.6. The van der Waals surface area contributed by atoms with Crippen LogP contribution in [-0.4, -0.2) is 46.3 Å². The first kappa shape index (κ1) is 32.7. The number of imidazole rings is 1. The van der Waals surface area contributed by atoms with Crippen molar-refractivity contribution in [2.24, 2.45) is 7.05 Å². The fourth-order valence-corrected chi connectivity index (χ4v) is 7.20. The van der Waals surface area contributed by atoms with Crippen molar-refractivity contribution in [3.8, 4) is 22.5 Å². The van der Waals surface area contributed by atoms with Gasteiger partial charge < -0.3 is 9.47 Å². The molecule has 0 aliphatic heterocycles. The lowest BCUT2D eigenvalue weighted by Gasteiger charge is -2.36. The van der Waals surface area contributed by atoms with Crippen LogP contribution in [0, 0.1) is 0 Å². The van der Waals surface area contributed by atoms with E-state index in [1.165, 1.54) is 5.56 Å². The van der Waals surface area contributed by atoms with Crippen molar-refractivity contribution in [1.82, 2.24) is 39.7 Å². The molecule has 0 atom stereocenters. The minimum Gasteiger partial charge on any atom is -0.350 e. The molecule has 3 aromatic heterocycles. The number of nitrogens with zero attached hydrogens (tertiary/aromatic N) is 9. The molecule has 256 valence electrons. The number of unbranched alkanes of at least 4 members (excludes halogenated alkanes) is 1. The van der Waals surface area contributed by atoms with E-state index in [0.29, 0.717) is 12.4 Å². The van der Waals surface area contributed by atoms with E-state index >= 15 is 0 Å². The molecule has 5 aromatic carbocycles. The van der Waals surface area contributed by atoms with E-state index in [9.17, 15) is 0 Å². The van der Waals surface area contributed by atoms with Gasteiger partial charge in [-0.2, -0.15) is 0 Å². The maximum absolute atomic E-state index is 4.79. The number of fused-ring (bicyclic) bond motifs is 1. The predicted molar refractivity (Wildman–Crippen MR) is 206 cm³/mol. The SMILES string of the molecule is CCCCN(Cc1ccc(-c2ccccc2-c2nnnn2C(c2ccccc2)(c2ccccc2)c2ccccc2)cc1)c1ncnc2c1ncn2C. The standard InChI is InChI=1S/C43H39N9/c1-3-4-28-51(42-39-41(44-30-45-42)50(2)31-46-39)29-32-24-26-33(27-25-32)37-22-14-15-23-38(37)40-47-48-49-52(40)43(34-16-8-5-9-17-34,35-18-10-6-11-19-35)36-20-12-7-13-21-36/h5-27,30-31H,3-4,28-29H2,1-2H3. The third kappa shape index (κ3) is 5.90. The van der Waals surface area contributed by atoms with Crippen LogP contribution in [0.3, 0.4) is 0 Å². The highest BCUT2D eigenvalue weighted by molar-refractivity contribution is 5.83. The second kappa shape index (κ2) is 14.4. The van der Waals surface area contributed by atoms with E-state index in [1.54, 1.807) is 12.7 Å². The molecule has 0 saturated carbocycles. The van der Waals surface area contributed by atoms with Crippen LogP contribution in [-0.2, 0) is 19.1 Å². The van der Waals surface area contributed by atoms with E-state index < -0.39 is 5.54 Å². The van der Waals surface area contributed by atoms with Gasteiger partial charge in [-0.05, 0) is 50.2 Å². The molecule has 52 heavy (non-hydrogen) atoms. The number of anilines is 1. The summed E-state index contributed by atoms with van der Waals surface area (Å²) < 4.78 is 3.93. The second-order valence-corrected chi connectivity index (χ2v) is 13.0. The zero-order chi connectivity index (χ0) is 35.3. The minimum absolute atomic E-state index is 0.671. The fourth-order valence-electron chi connectivity index (χ4n) is 7.20. The van der Waals surface area contributed by atoms with Gasteiger partial charge in [0, 0.05) is 25.7 Å². The van der Waals surface area contributed by atoms with E-state index in [0.717, 1.165) is 69.7 Å². The molecule has 0 saturated heterocycles. The molecular weight excluding hydrogens is 643 g/mol. The van der Waals surface area contributed by atoms with Gasteiger partial charge in [-0.1, -0.05) is 153 Å². The van der Waals surface area contributed by atoms with Gasteiger partial charge in [0.25, 0.3) is 0 Å². The van der Waals surface area contributed by atoms with E-state index in [2.05, 4.69) is 147 Å². The van der Waals surface area contributed by atoms with Crippen molar-refractivity contribution in [3.05, 3.63) is 174 Å². The monoisotopic (exact) mass is 681 g/mol. The van der Waals surface area contributed by atoms with E-state index in [4.69, 9.17) is 10.3 Å². The topological polar surface area (TPSA) is 90.4 Å². The summed E-state index contributed by atoms with van der Waals surface area (Å²) in [6, 6.07) is 48.6. The lowest BCUT2D eigenvalue weighted by atomic mass is 9.77. The van der Waals surface area contributed by atoms with E-state index in [1.807, 2.05) is 40.6 Å². The van der Waals surface area contributed by atoms with Crippen molar-refractivity contribution in [3.63, 3.8) is 0 Å². The van der Waals surface area contributed by atoms with Gasteiger partial charge in [0.1, 0.15) is 11.9 Å². The number of benzene rings is 5. The van der Waals surface area contributed by atoms with Gasteiger partial charge in [-0.15, -0.1) is 5.10 Å². The number of rotatable bonds is 12. The minimum atomic E-state index is -0.846. The van der Waals surface area contributed by atoms with Crippen LogP contribution in [0.5, 0.6) is 0 Å². The number of hydrogen-bond acceptors (Lipinski definition) is 7. The smallest absolute Gasteiger partial charge is 0.184 e. The Kier molecular flexibility index (Phi) is 9.06. The molecule has 0 amide bonds. The molecule has 0 fully saturated rings. The zero-order valence-corrected chi connectivity index (χ0v) is 29.3. The van der Waals surface area contributed by atoms with Crippen LogP contribution < -0.4 is 4.90 Å². The maximum atomic E-state index is 4.79. The van der Waals surface area contributed by atoms with Crippen LogP contribution in [0.25, 0.3) is 33.7 Å². The summed E-state index contributed by atoms with van der Waals surface area (Å²) in [5.74, 6) is 1.53. The van der Waals surface area contributed by atoms with Crippen molar-refractivity contribution in [2.75, 3.05) is 11.4 Å². The summed E-state index contributed by atoms with van der Waals surface area (Å²) in [5.41, 5.74) is 8.22. The Morgan fingerprint density at radius 1 is 0.654 bits per heavy atom. The highest BCUT2D eigenvalue weighted by Crippen LogP contribution is 2.43. The molecule has 0 aliphatic carbocycles. The van der Waals surface area contributed by atoms with Crippen molar-refractivity contribution < 1.29 is 0 Å².